The lowest BCUT2D eigenvalue weighted by Gasteiger charge is -2.38. The van der Waals surface area contributed by atoms with Gasteiger partial charge in [-0.2, -0.15) is 5.10 Å². The zero-order valence-electron chi connectivity index (χ0n) is 14.6. The summed E-state index contributed by atoms with van der Waals surface area (Å²) in [4.78, 5) is 0. The summed E-state index contributed by atoms with van der Waals surface area (Å²) >= 11 is 12.5. The van der Waals surface area contributed by atoms with Crippen LogP contribution in [0.3, 0.4) is 0 Å². The summed E-state index contributed by atoms with van der Waals surface area (Å²) in [6.07, 6.45) is 0.232. The summed E-state index contributed by atoms with van der Waals surface area (Å²) in [5.74, 6) is 0.551. The Morgan fingerprint density at radius 3 is 2.54 bits per heavy atom. The predicted octanol–water partition coefficient (Wildman–Crippen LogP) is 6.37. The van der Waals surface area contributed by atoms with Crippen LogP contribution in [0.2, 0.25) is 10.0 Å². The zero-order chi connectivity index (χ0) is 19.3. The molecule has 0 N–H and O–H groups in total. The Morgan fingerprint density at radius 2 is 1.75 bits per heavy atom. The topological polar surface area (TPSA) is 24.8 Å². The lowest BCUT2D eigenvalue weighted by molar-refractivity contribution is -0.0189. The Labute approximate surface area is 172 Å². The zero-order valence-corrected chi connectivity index (χ0v) is 16.2. The largest absolute Gasteiger partial charge is 0.464 e. The number of benzene rings is 3. The first-order chi connectivity index (χ1) is 13.6. The second-order valence-electron chi connectivity index (χ2n) is 6.83. The van der Waals surface area contributed by atoms with Gasteiger partial charge >= 0.3 is 0 Å². The molecule has 2 atom stereocenters. The number of para-hydroxylation sites is 1. The van der Waals surface area contributed by atoms with Gasteiger partial charge in [-0.05, 0) is 35.9 Å². The smallest absolute Gasteiger partial charge is 0.215 e. The molecule has 0 saturated carbocycles. The average molecular weight is 413 g/mol. The van der Waals surface area contributed by atoms with Crippen LogP contribution in [-0.2, 0) is 0 Å². The Balaban J connectivity index is 1.61. The second-order valence-corrected chi connectivity index (χ2v) is 7.67. The lowest BCUT2D eigenvalue weighted by atomic mass is 9.96. The molecule has 0 aliphatic carbocycles. The minimum Gasteiger partial charge on any atom is -0.464 e. The molecular weight excluding hydrogens is 398 g/mol. The molecule has 3 aromatic rings. The minimum absolute atomic E-state index is 0.0155. The van der Waals surface area contributed by atoms with Crippen LogP contribution >= 0.6 is 23.2 Å². The highest BCUT2D eigenvalue weighted by Crippen LogP contribution is 2.48. The number of fused-ring (bicyclic) bond motifs is 3. The van der Waals surface area contributed by atoms with Gasteiger partial charge in [-0.3, -0.25) is 0 Å². The molecule has 0 aromatic heterocycles. The van der Waals surface area contributed by atoms with Crippen molar-refractivity contribution in [2.45, 2.75) is 18.7 Å². The van der Waals surface area contributed by atoms with E-state index in [0.717, 1.165) is 28.2 Å². The first-order valence-corrected chi connectivity index (χ1v) is 9.68. The van der Waals surface area contributed by atoms with Gasteiger partial charge in [0.05, 0.1) is 16.8 Å². The van der Waals surface area contributed by atoms with Gasteiger partial charge in [0.1, 0.15) is 11.6 Å². The molecule has 3 nitrogen and oxygen atoms in total. The number of hydrazone groups is 1. The van der Waals surface area contributed by atoms with E-state index >= 15 is 0 Å². The first kappa shape index (κ1) is 17.5. The fraction of sp³-hybridized carbons (Fsp3) is 0.136. The van der Waals surface area contributed by atoms with Crippen LogP contribution in [0.4, 0.5) is 4.39 Å². The first-order valence-electron chi connectivity index (χ1n) is 8.92. The van der Waals surface area contributed by atoms with E-state index in [4.69, 9.17) is 33.0 Å². The van der Waals surface area contributed by atoms with Crippen LogP contribution < -0.4 is 4.74 Å². The quantitative estimate of drug-likeness (QED) is 0.487. The maximum atomic E-state index is 13.3. The van der Waals surface area contributed by atoms with E-state index in [-0.39, 0.29) is 11.9 Å². The maximum Gasteiger partial charge on any atom is 0.215 e. The molecule has 28 heavy (non-hydrogen) atoms. The van der Waals surface area contributed by atoms with Gasteiger partial charge in [0, 0.05) is 22.6 Å². The standard InChI is InChI=1S/C22H15Cl2FN2O/c23-14-7-10-16(18(24)11-14)22-27-20(17-3-1-2-4-21(17)28-22)12-19(26-27)13-5-8-15(25)9-6-13/h1-11,20,22H,12H2/t20-,22-/m0/s1. The van der Waals surface area contributed by atoms with Crippen molar-refractivity contribution in [2.24, 2.45) is 5.10 Å². The number of rotatable bonds is 2. The third-order valence-corrected chi connectivity index (χ3v) is 5.67. The molecule has 0 unspecified atom stereocenters. The molecule has 0 radical (unpaired) electrons. The SMILES string of the molecule is Fc1ccc(C2=NN3[C@@H](C2)c2ccccc2O[C@H]3c2ccc(Cl)cc2Cl)cc1. The average Bonchev–Trinajstić information content (AvgIpc) is 3.14. The Kier molecular flexibility index (Phi) is 4.26. The third kappa shape index (κ3) is 2.93. The van der Waals surface area contributed by atoms with E-state index in [2.05, 4.69) is 6.07 Å². The Morgan fingerprint density at radius 1 is 0.964 bits per heavy atom. The number of nitrogens with zero attached hydrogens (tertiary/aromatic N) is 2. The van der Waals surface area contributed by atoms with E-state index in [9.17, 15) is 4.39 Å². The van der Waals surface area contributed by atoms with Crippen molar-refractivity contribution in [3.8, 4) is 5.75 Å². The van der Waals surface area contributed by atoms with Crippen molar-refractivity contribution in [2.75, 3.05) is 0 Å². The summed E-state index contributed by atoms with van der Waals surface area (Å²) in [6, 6.07) is 19.7. The number of ether oxygens (including phenoxy) is 1. The number of hydrogen-bond acceptors (Lipinski definition) is 3. The maximum absolute atomic E-state index is 13.3. The van der Waals surface area contributed by atoms with E-state index < -0.39 is 6.23 Å². The van der Waals surface area contributed by atoms with E-state index in [1.165, 1.54) is 12.1 Å². The lowest BCUT2D eigenvalue weighted by Crippen LogP contribution is -2.33. The molecule has 2 heterocycles. The number of halogens is 3. The molecule has 2 aliphatic heterocycles. The van der Waals surface area contributed by atoms with E-state index in [1.807, 2.05) is 29.3 Å². The van der Waals surface area contributed by atoms with Crippen LogP contribution in [-0.4, -0.2) is 10.7 Å². The van der Waals surface area contributed by atoms with Crippen molar-refractivity contribution < 1.29 is 9.13 Å². The molecule has 6 heteroatoms. The third-order valence-electron chi connectivity index (χ3n) is 5.11. The minimum atomic E-state index is -0.470. The summed E-state index contributed by atoms with van der Waals surface area (Å²) < 4.78 is 19.6. The van der Waals surface area contributed by atoms with Crippen molar-refractivity contribution >= 4 is 28.9 Å². The fourth-order valence-electron chi connectivity index (χ4n) is 3.76. The monoisotopic (exact) mass is 412 g/mol. The van der Waals surface area contributed by atoms with Crippen LogP contribution in [0.15, 0.2) is 71.8 Å². The number of hydrogen-bond donors (Lipinski definition) is 0. The Bertz CT molecular complexity index is 1080. The fourth-order valence-corrected chi connectivity index (χ4v) is 4.26. The molecule has 2 aliphatic rings. The van der Waals surface area contributed by atoms with Gasteiger partial charge < -0.3 is 4.74 Å². The molecule has 0 spiro atoms. The van der Waals surface area contributed by atoms with Gasteiger partial charge in [0.15, 0.2) is 0 Å². The highest BCUT2D eigenvalue weighted by atomic mass is 35.5. The Hall–Kier alpha value is -2.56. The molecule has 140 valence electrons. The molecule has 5 rings (SSSR count). The molecular formula is C22H15Cl2FN2O. The van der Waals surface area contributed by atoms with Crippen molar-refractivity contribution in [3.63, 3.8) is 0 Å². The van der Waals surface area contributed by atoms with E-state index in [0.29, 0.717) is 16.5 Å². The second kappa shape index (κ2) is 6.80. The molecule has 0 bridgehead atoms. The summed E-state index contributed by atoms with van der Waals surface area (Å²) in [5, 5.41) is 7.88. The molecule has 0 saturated heterocycles. The molecule has 0 fully saturated rings. The highest BCUT2D eigenvalue weighted by Gasteiger charge is 2.41. The van der Waals surface area contributed by atoms with Gasteiger partial charge in [-0.1, -0.05) is 59.6 Å². The molecule has 0 amide bonds. The van der Waals surface area contributed by atoms with Gasteiger partial charge in [0.25, 0.3) is 0 Å². The van der Waals surface area contributed by atoms with Crippen molar-refractivity contribution in [1.29, 1.82) is 0 Å². The highest BCUT2D eigenvalue weighted by molar-refractivity contribution is 6.35. The molecule has 3 aromatic carbocycles. The van der Waals surface area contributed by atoms with Crippen LogP contribution in [0.1, 0.15) is 35.4 Å². The van der Waals surface area contributed by atoms with Gasteiger partial charge in [0.2, 0.25) is 6.23 Å². The van der Waals surface area contributed by atoms with Crippen molar-refractivity contribution in [3.05, 3.63) is 99.3 Å². The predicted molar refractivity (Wildman–Crippen MR) is 108 cm³/mol. The summed E-state index contributed by atoms with van der Waals surface area (Å²) in [5.41, 5.74) is 3.66. The summed E-state index contributed by atoms with van der Waals surface area (Å²) in [6.45, 7) is 0. The summed E-state index contributed by atoms with van der Waals surface area (Å²) in [7, 11) is 0. The van der Waals surface area contributed by atoms with Crippen LogP contribution in [0, 0.1) is 5.82 Å². The van der Waals surface area contributed by atoms with Crippen LogP contribution in [0.25, 0.3) is 0 Å². The van der Waals surface area contributed by atoms with Gasteiger partial charge in [-0.25, -0.2) is 9.40 Å². The van der Waals surface area contributed by atoms with Crippen molar-refractivity contribution in [1.82, 2.24) is 5.01 Å². The van der Waals surface area contributed by atoms with Gasteiger partial charge in [-0.15, -0.1) is 0 Å². The van der Waals surface area contributed by atoms with Crippen LogP contribution in [0.5, 0.6) is 5.75 Å². The normalized spacial score (nSPS) is 20.2. The van der Waals surface area contributed by atoms with E-state index in [1.54, 1.807) is 24.3 Å².